The van der Waals surface area contributed by atoms with Gasteiger partial charge in [-0.1, -0.05) is 0 Å². The molecule has 0 radical (unpaired) electrons. The zero-order valence-corrected chi connectivity index (χ0v) is 7.78. The van der Waals surface area contributed by atoms with E-state index in [-0.39, 0.29) is 0 Å². The molecule has 72 valence electrons. The van der Waals surface area contributed by atoms with Gasteiger partial charge in [0.2, 0.25) is 0 Å². The molecule has 0 amide bonds. The second-order valence-corrected chi connectivity index (χ2v) is 3.61. The van der Waals surface area contributed by atoms with E-state index in [0.29, 0.717) is 12.6 Å². The third-order valence-corrected chi connectivity index (χ3v) is 2.55. The fraction of sp³-hybridized carbons (Fsp3) is 0.600. The number of ether oxygens (including phenoxy) is 1. The van der Waals surface area contributed by atoms with E-state index < -0.39 is 0 Å². The summed E-state index contributed by atoms with van der Waals surface area (Å²) in [5.41, 5.74) is 7.17. The Bertz CT molecular complexity index is 235. The Balaban J connectivity index is 1.99. The van der Waals surface area contributed by atoms with Crippen LogP contribution in [0.3, 0.4) is 0 Å². The molecule has 0 spiro atoms. The lowest BCUT2D eigenvalue weighted by atomic mass is 10.1. The van der Waals surface area contributed by atoms with Crippen molar-refractivity contribution in [2.24, 2.45) is 5.73 Å². The first kappa shape index (κ1) is 8.63. The molecule has 2 aliphatic heterocycles. The van der Waals surface area contributed by atoms with Crippen molar-refractivity contribution >= 4 is 0 Å². The van der Waals surface area contributed by atoms with Crippen LogP contribution in [-0.2, 0) is 4.74 Å². The zero-order valence-electron chi connectivity index (χ0n) is 7.78. The van der Waals surface area contributed by atoms with Crippen molar-refractivity contribution in [3.63, 3.8) is 0 Å². The van der Waals surface area contributed by atoms with Crippen LogP contribution in [0.2, 0.25) is 0 Å². The molecule has 0 bridgehead atoms. The molecular formula is C10H16N2O. The maximum absolute atomic E-state index is 5.91. The highest BCUT2D eigenvalue weighted by Gasteiger charge is 2.17. The molecule has 1 fully saturated rings. The fourth-order valence-corrected chi connectivity index (χ4v) is 1.85. The van der Waals surface area contributed by atoms with Crippen LogP contribution in [0.25, 0.3) is 0 Å². The quantitative estimate of drug-likeness (QED) is 0.649. The van der Waals surface area contributed by atoms with Gasteiger partial charge in [0.1, 0.15) is 6.61 Å². The molecule has 0 saturated carbocycles. The Kier molecular flexibility index (Phi) is 2.54. The minimum absolute atomic E-state index is 0.339. The number of piperidine rings is 1. The summed E-state index contributed by atoms with van der Waals surface area (Å²) >= 11 is 0. The minimum atomic E-state index is 0.339. The SMILES string of the molecule is NC1CCCN(C2=CCOC=C2)C1. The van der Waals surface area contributed by atoms with Crippen molar-refractivity contribution in [1.82, 2.24) is 4.90 Å². The summed E-state index contributed by atoms with van der Waals surface area (Å²) in [7, 11) is 0. The van der Waals surface area contributed by atoms with Gasteiger partial charge in [-0.3, -0.25) is 0 Å². The van der Waals surface area contributed by atoms with Crippen LogP contribution in [0.1, 0.15) is 12.8 Å². The van der Waals surface area contributed by atoms with Crippen LogP contribution in [0, 0.1) is 0 Å². The summed E-state index contributed by atoms with van der Waals surface area (Å²) in [5, 5.41) is 0. The Morgan fingerprint density at radius 3 is 3.15 bits per heavy atom. The first-order valence-electron chi connectivity index (χ1n) is 4.85. The lowest BCUT2D eigenvalue weighted by molar-refractivity contribution is 0.243. The summed E-state index contributed by atoms with van der Waals surface area (Å²) < 4.78 is 5.10. The Labute approximate surface area is 78.8 Å². The Morgan fingerprint density at radius 1 is 1.54 bits per heavy atom. The second-order valence-electron chi connectivity index (χ2n) is 3.61. The Hall–Kier alpha value is -0.960. The highest BCUT2D eigenvalue weighted by atomic mass is 16.5. The van der Waals surface area contributed by atoms with Gasteiger partial charge >= 0.3 is 0 Å². The van der Waals surface area contributed by atoms with Crippen molar-refractivity contribution in [2.75, 3.05) is 19.7 Å². The molecule has 13 heavy (non-hydrogen) atoms. The van der Waals surface area contributed by atoms with Gasteiger partial charge < -0.3 is 15.4 Å². The van der Waals surface area contributed by atoms with Crippen LogP contribution in [0.15, 0.2) is 24.1 Å². The fourth-order valence-electron chi connectivity index (χ4n) is 1.85. The summed E-state index contributed by atoms with van der Waals surface area (Å²) in [6, 6.07) is 0.339. The molecule has 3 heteroatoms. The maximum atomic E-state index is 5.91. The molecule has 0 aromatic heterocycles. The molecule has 0 aliphatic carbocycles. The molecule has 1 atom stereocenters. The summed E-state index contributed by atoms with van der Waals surface area (Å²) in [4.78, 5) is 2.34. The summed E-state index contributed by atoms with van der Waals surface area (Å²) in [5.74, 6) is 0. The lowest BCUT2D eigenvalue weighted by Crippen LogP contribution is -2.42. The van der Waals surface area contributed by atoms with Crippen molar-refractivity contribution < 1.29 is 4.74 Å². The largest absolute Gasteiger partial charge is 0.497 e. The van der Waals surface area contributed by atoms with Gasteiger partial charge in [0.15, 0.2) is 0 Å². The number of rotatable bonds is 1. The van der Waals surface area contributed by atoms with Gasteiger partial charge in [-0.25, -0.2) is 0 Å². The van der Waals surface area contributed by atoms with Crippen molar-refractivity contribution in [2.45, 2.75) is 18.9 Å². The van der Waals surface area contributed by atoms with Gasteiger partial charge in [0.25, 0.3) is 0 Å². The first-order chi connectivity index (χ1) is 6.36. The van der Waals surface area contributed by atoms with E-state index in [1.54, 1.807) is 6.26 Å². The van der Waals surface area contributed by atoms with Crippen LogP contribution >= 0.6 is 0 Å². The molecule has 0 aromatic carbocycles. The van der Waals surface area contributed by atoms with E-state index in [0.717, 1.165) is 19.5 Å². The molecule has 2 heterocycles. The van der Waals surface area contributed by atoms with Crippen molar-refractivity contribution in [1.29, 1.82) is 0 Å². The topological polar surface area (TPSA) is 38.5 Å². The third kappa shape index (κ3) is 2.04. The number of likely N-dealkylation sites (tertiary alicyclic amines) is 1. The highest BCUT2D eigenvalue weighted by molar-refractivity contribution is 5.19. The van der Waals surface area contributed by atoms with Gasteiger partial charge in [0, 0.05) is 24.8 Å². The standard InChI is InChI=1S/C10H16N2O/c11-9-2-1-5-12(8-9)10-3-6-13-7-4-10/h3-4,6,9H,1-2,5,7-8,11H2. The Morgan fingerprint density at radius 2 is 2.46 bits per heavy atom. The van der Waals surface area contributed by atoms with E-state index in [9.17, 15) is 0 Å². The molecular weight excluding hydrogens is 164 g/mol. The summed E-state index contributed by atoms with van der Waals surface area (Å²) in [6.45, 7) is 2.80. The molecule has 1 saturated heterocycles. The highest BCUT2D eigenvalue weighted by Crippen LogP contribution is 2.16. The number of hydrogen-bond donors (Lipinski definition) is 1. The molecule has 3 nitrogen and oxygen atoms in total. The van der Waals surface area contributed by atoms with Crippen LogP contribution in [-0.4, -0.2) is 30.6 Å². The number of allylic oxidation sites excluding steroid dienone is 1. The molecule has 0 aromatic rings. The summed E-state index contributed by atoms with van der Waals surface area (Å²) in [6.07, 6.45) is 8.24. The first-order valence-corrected chi connectivity index (χ1v) is 4.85. The average Bonchev–Trinajstić information content (AvgIpc) is 2.19. The predicted molar refractivity (Wildman–Crippen MR) is 52.0 cm³/mol. The lowest BCUT2D eigenvalue weighted by Gasteiger charge is -2.33. The van der Waals surface area contributed by atoms with Gasteiger partial charge in [-0.15, -0.1) is 0 Å². The van der Waals surface area contributed by atoms with E-state index in [4.69, 9.17) is 10.5 Å². The monoisotopic (exact) mass is 180 g/mol. The van der Waals surface area contributed by atoms with Gasteiger partial charge in [-0.05, 0) is 25.0 Å². The normalized spacial score (nSPS) is 28.2. The number of nitrogens with two attached hydrogens (primary N) is 1. The van der Waals surface area contributed by atoms with Crippen LogP contribution in [0.5, 0.6) is 0 Å². The average molecular weight is 180 g/mol. The minimum Gasteiger partial charge on any atom is -0.497 e. The van der Waals surface area contributed by atoms with Gasteiger partial charge in [-0.2, -0.15) is 0 Å². The smallest absolute Gasteiger partial charge is 0.108 e. The molecule has 2 N–H and O–H groups in total. The van der Waals surface area contributed by atoms with Gasteiger partial charge in [0.05, 0.1) is 6.26 Å². The third-order valence-electron chi connectivity index (χ3n) is 2.55. The van der Waals surface area contributed by atoms with E-state index in [1.807, 2.05) is 6.08 Å². The zero-order chi connectivity index (χ0) is 9.10. The molecule has 2 rings (SSSR count). The number of hydrogen-bond acceptors (Lipinski definition) is 3. The van der Waals surface area contributed by atoms with E-state index >= 15 is 0 Å². The predicted octanol–water partition coefficient (Wildman–Crippen LogP) is 0.837. The maximum Gasteiger partial charge on any atom is 0.108 e. The second kappa shape index (κ2) is 3.83. The van der Waals surface area contributed by atoms with Crippen molar-refractivity contribution in [3.8, 4) is 0 Å². The molecule has 1 unspecified atom stereocenters. The van der Waals surface area contributed by atoms with E-state index in [1.165, 1.54) is 12.1 Å². The van der Waals surface area contributed by atoms with Crippen LogP contribution < -0.4 is 5.73 Å². The van der Waals surface area contributed by atoms with Crippen molar-refractivity contribution in [3.05, 3.63) is 24.1 Å². The molecule has 2 aliphatic rings. The van der Waals surface area contributed by atoms with Crippen LogP contribution in [0.4, 0.5) is 0 Å². The number of nitrogens with zero attached hydrogens (tertiary/aromatic N) is 1. The van der Waals surface area contributed by atoms with E-state index in [2.05, 4.69) is 11.0 Å².